The van der Waals surface area contributed by atoms with Crippen LogP contribution in [0.5, 0.6) is 0 Å². The lowest BCUT2D eigenvalue weighted by Crippen LogP contribution is -2.40. The Morgan fingerprint density at radius 2 is 2.21 bits per heavy atom. The minimum absolute atomic E-state index is 0.775. The highest BCUT2D eigenvalue weighted by atomic mass is 15.2. The topological polar surface area (TPSA) is 15.3 Å². The van der Waals surface area contributed by atoms with E-state index >= 15 is 0 Å². The van der Waals surface area contributed by atoms with Gasteiger partial charge in [0.05, 0.1) is 0 Å². The van der Waals surface area contributed by atoms with E-state index in [1.54, 1.807) is 0 Å². The smallest absolute Gasteiger partial charge is 0.0223 e. The number of hydrogen-bond acceptors (Lipinski definition) is 2. The van der Waals surface area contributed by atoms with Gasteiger partial charge in [0.2, 0.25) is 0 Å². The van der Waals surface area contributed by atoms with Crippen LogP contribution >= 0.6 is 0 Å². The molecule has 1 unspecified atom stereocenters. The van der Waals surface area contributed by atoms with Gasteiger partial charge in [-0.2, -0.15) is 0 Å². The summed E-state index contributed by atoms with van der Waals surface area (Å²) in [5, 5.41) is 3.55. The molecule has 2 nitrogen and oxygen atoms in total. The molecule has 2 heteroatoms. The molecule has 1 rings (SSSR count). The second kappa shape index (κ2) is 6.41. The third-order valence-corrected chi connectivity index (χ3v) is 2.95. The summed E-state index contributed by atoms with van der Waals surface area (Å²) >= 11 is 0. The zero-order chi connectivity index (χ0) is 10.4. The van der Waals surface area contributed by atoms with Gasteiger partial charge in [-0.1, -0.05) is 20.8 Å². The van der Waals surface area contributed by atoms with Crippen LogP contribution in [0.3, 0.4) is 0 Å². The van der Waals surface area contributed by atoms with Crippen LogP contribution in [-0.4, -0.2) is 37.1 Å². The van der Waals surface area contributed by atoms with Crippen molar-refractivity contribution in [3.63, 3.8) is 0 Å². The normalized spacial score (nSPS) is 25.3. The molecule has 1 heterocycles. The average molecular weight is 198 g/mol. The third-order valence-electron chi connectivity index (χ3n) is 2.95. The van der Waals surface area contributed by atoms with Crippen molar-refractivity contribution in [3.05, 3.63) is 0 Å². The van der Waals surface area contributed by atoms with E-state index in [0.717, 1.165) is 12.0 Å². The Bertz CT molecular complexity index is 145. The van der Waals surface area contributed by atoms with E-state index in [1.807, 2.05) is 0 Å². The van der Waals surface area contributed by atoms with E-state index in [9.17, 15) is 0 Å². The monoisotopic (exact) mass is 198 g/mol. The highest BCUT2D eigenvalue weighted by Crippen LogP contribution is 2.13. The summed E-state index contributed by atoms with van der Waals surface area (Å²) in [6.45, 7) is 11.9. The Morgan fingerprint density at radius 1 is 1.43 bits per heavy atom. The Labute approximate surface area is 89.1 Å². The standard InChI is InChI=1S/C12H26N2/c1-4-7-14-8-5-6-13-10-12(14)9-11(2)3/h11-13H,4-10H2,1-3H3. The van der Waals surface area contributed by atoms with Gasteiger partial charge in [-0.25, -0.2) is 0 Å². The molecule has 1 fully saturated rings. The van der Waals surface area contributed by atoms with Crippen molar-refractivity contribution in [1.29, 1.82) is 0 Å². The second-order valence-corrected chi connectivity index (χ2v) is 4.88. The average Bonchev–Trinajstić information content (AvgIpc) is 2.32. The van der Waals surface area contributed by atoms with Crippen molar-refractivity contribution < 1.29 is 0 Å². The Hall–Kier alpha value is -0.0800. The molecule has 0 amide bonds. The molecule has 0 saturated carbocycles. The first-order valence-corrected chi connectivity index (χ1v) is 6.18. The summed E-state index contributed by atoms with van der Waals surface area (Å²) in [5.74, 6) is 0.819. The van der Waals surface area contributed by atoms with Crippen LogP contribution in [0.4, 0.5) is 0 Å². The fraction of sp³-hybridized carbons (Fsp3) is 1.00. The molecule has 0 aliphatic carbocycles. The predicted octanol–water partition coefficient (Wildman–Crippen LogP) is 2.11. The molecule has 1 atom stereocenters. The summed E-state index contributed by atoms with van der Waals surface area (Å²) in [7, 11) is 0. The van der Waals surface area contributed by atoms with Gasteiger partial charge in [0.15, 0.2) is 0 Å². The zero-order valence-electron chi connectivity index (χ0n) is 10.1. The van der Waals surface area contributed by atoms with E-state index in [0.29, 0.717) is 0 Å². The minimum Gasteiger partial charge on any atom is -0.315 e. The summed E-state index contributed by atoms with van der Waals surface area (Å²) in [6.07, 6.45) is 3.94. The highest BCUT2D eigenvalue weighted by molar-refractivity contribution is 4.78. The fourth-order valence-corrected chi connectivity index (χ4v) is 2.35. The number of nitrogens with one attached hydrogen (secondary N) is 1. The predicted molar refractivity (Wildman–Crippen MR) is 62.6 cm³/mol. The summed E-state index contributed by atoms with van der Waals surface area (Å²) in [4.78, 5) is 2.68. The molecule has 84 valence electrons. The lowest BCUT2D eigenvalue weighted by atomic mass is 10.0. The van der Waals surface area contributed by atoms with Crippen LogP contribution in [0.25, 0.3) is 0 Å². The molecule has 1 aliphatic heterocycles. The van der Waals surface area contributed by atoms with Gasteiger partial charge in [0.1, 0.15) is 0 Å². The van der Waals surface area contributed by atoms with Crippen LogP contribution < -0.4 is 5.32 Å². The van der Waals surface area contributed by atoms with Gasteiger partial charge in [-0.15, -0.1) is 0 Å². The van der Waals surface area contributed by atoms with Crippen molar-refractivity contribution in [3.8, 4) is 0 Å². The summed E-state index contributed by atoms with van der Waals surface area (Å²) in [6, 6.07) is 0.775. The molecule has 1 saturated heterocycles. The fourth-order valence-electron chi connectivity index (χ4n) is 2.35. The van der Waals surface area contributed by atoms with E-state index in [-0.39, 0.29) is 0 Å². The van der Waals surface area contributed by atoms with E-state index in [2.05, 4.69) is 31.0 Å². The molecule has 1 N–H and O–H groups in total. The van der Waals surface area contributed by atoms with Crippen LogP contribution in [0, 0.1) is 5.92 Å². The maximum atomic E-state index is 3.55. The molecule has 0 spiro atoms. The SMILES string of the molecule is CCCN1CCCNCC1CC(C)C. The quantitative estimate of drug-likeness (QED) is 0.744. The number of nitrogens with zero attached hydrogens (tertiary/aromatic N) is 1. The number of rotatable bonds is 4. The third kappa shape index (κ3) is 3.97. The second-order valence-electron chi connectivity index (χ2n) is 4.88. The molecule has 0 aromatic rings. The van der Waals surface area contributed by atoms with Gasteiger partial charge in [0, 0.05) is 12.6 Å². The molecular formula is C12H26N2. The van der Waals surface area contributed by atoms with Crippen molar-refractivity contribution in [2.24, 2.45) is 5.92 Å². The van der Waals surface area contributed by atoms with Crippen LogP contribution in [0.1, 0.15) is 40.0 Å². The summed E-state index contributed by atoms with van der Waals surface area (Å²) in [5.41, 5.74) is 0. The molecular weight excluding hydrogens is 172 g/mol. The van der Waals surface area contributed by atoms with Crippen LogP contribution in [-0.2, 0) is 0 Å². The minimum atomic E-state index is 0.775. The molecule has 0 bridgehead atoms. The lowest BCUT2D eigenvalue weighted by molar-refractivity contribution is 0.185. The Kier molecular flexibility index (Phi) is 5.49. The highest BCUT2D eigenvalue weighted by Gasteiger charge is 2.20. The van der Waals surface area contributed by atoms with Crippen molar-refractivity contribution in [1.82, 2.24) is 10.2 Å². The van der Waals surface area contributed by atoms with Crippen molar-refractivity contribution >= 4 is 0 Å². The van der Waals surface area contributed by atoms with E-state index in [4.69, 9.17) is 0 Å². The van der Waals surface area contributed by atoms with Crippen LogP contribution in [0.15, 0.2) is 0 Å². The Balaban J connectivity index is 2.45. The maximum Gasteiger partial charge on any atom is 0.0223 e. The largest absolute Gasteiger partial charge is 0.315 e. The molecule has 1 aliphatic rings. The van der Waals surface area contributed by atoms with Gasteiger partial charge in [0.25, 0.3) is 0 Å². The Morgan fingerprint density at radius 3 is 2.86 bits per heavy atom. The molecule has 0 radical (unpaired) electrons. The molecule has 14 heavy (non-hydrogen) atoms. The lowest BCUT2D eigenvalue weighted by Gasteiger charge is -2.30. The summed E-state index contributed by atoms with van der Waals surface area (Å²) < 4.78 is 0. The first-order chi connectivity index (χ1) is 6.74. The van der Waals surface area contributed by atoms with E-state index < -0.39 is 0 Å². The van der Waals surface area contributed by atoms with Gasteiger partial charge in [-0.3, -0.25) is 4.90 Å². The van der Waals surface area contributed by atoms with Gasteiger partial charge in [-0.05, 0) is 44.8 Å². The molecule has 0 aromatic carbocycles. The van der Waals surface area contributed by atoms with Gasteiger partial charge >= 0.3 is 0 Å². The van der Waals surface area contributed by atoms with Gasteiger partial charge < -0.3 is 5.32 Å². The van der Waals surface area contributed by atoms with E-state index in [1.165, 1.54) is 45.4 Å². The van der Waals surface area contributed by atoms with Crippen molar-refractivity contribution in [2.45, 2.75) is 46.1 Å². The van der Waals surface area contributed by atoms with Crippen molar-refractivity contribution in [2.75, 3.05) is 26.2 Å². The van der Waals surface area contributed by atoms with Crippen LogP contribution in [0.2, 0.25) is 0 Å². The molecule has 0 aromatic heterocycles. The first kappa shape index (κ1) is 12.0. The maximum absolute atomic E-state index is 3.55. The number of hydrogen-bond donors (Lipinski definition) is 1. The first-order valence-electron chi connectivity index (χ1n) is 6.18. The zero-order valence-corrected chi connectivity index (χ0v) is 10.1.